The van der Waals surface area contributed by atoms with Crippen molar-refractivity contribution in [1.29, 1.82) is 0 Å². The van der Waals surface area contributed by atoms with Crippen LogP contribution in [0.1, 0.15) is 5.56 Å². The maximum atomic E-state index is 5.63. The lowest BCUT2D eigenvalue weighted by Gasteiger charge is -2.42. The van der Waals surface area contributed by atoms with E-state index in [2.05, 4.69) is 16.1 Å². The lowest BCUT2D eigenvalue weighted by atomic mass is 10.0. The summed E-state index contributed by atoms with van der Waals surface area (Å²) in [5.74, 6) is 0. The second kappa shape index (κ2) is 4.61. The summed E-state index contributed by atoms with van der Waals surface area (Å²) in [7, 11) is 1.70. The zero-order chi connectivity index (χ0) is 10.7. The van der Waals surface area contributed by atoms with E-state index in [0.29, 0.717) is 6.61 Å². The first-order chi connectivity index (χ1) is 7.29. The van der Waals surface area contributed by atoms with Crippen molar-refractivity contribution in [3.8, 4) is 0 Å². The lowest BCUT2D eigenvalue weighted by molar-refractivity contribution is -0.173. The van der Waals surface area contributed by atoms with E-state index in [1.54, 1.807) is 7.11 Å². The van der Waals surface area contributed by atoms with E-state index >= 15 is 0 Å². The lowest BCUT2D eigenvalue weighted by Crippen LogP contribution is -2.51. The molecule has 4 heteroatoms. The highest BCUT2D eigenvalue weighted by Gasteiger charge is 2.40. The van der Waals surface area contributed by atoms with E-state index in [-0.39, 0.29) is 0 Å². The van der Waals surface area contributed by atoms with Crippen LogP contribution in [-0.2, 0) is 15.2 Å². The summed E-state index contributed by atoms with van der Waals surface area (Å²) < 4.78 is 13.1. The molecule has 1 aromatic carbocycles. The van der Waals surface area contributed by atoms with Crippen molar-refractivity contribution in [3.05, 3.63) is 35.9 Å². The Balaban J connectivity index is 2.35. The van der Waals surface area contributed by atoms with Gasteiger partial charge in [-0.15, -0.1) is 0 Å². The van der Waals surface area contributed by atoms with Gasteiger partial charge in [-0.05, 0) is 0 Å². The predicted octanol–water partition coefficient (Wildman–Crippen LogP) is 2.13. The number of rotatable bonds is 2. The van der Waals surface area contributed by atoms with E-state index in [0.717, 1.165) is 18.7 Å². The summed E-state index contributed by atoms with van der Waals surface area (Å²) in [6, 6.07) is 10.1. The fraction of sp³-hybridized carbons (Fsp3) is 0.455. The molecule has 0 spiro atoms. The summed E-state index contributed by atoms with van der Waals surface area (Å²) in [4.78, 5) is 0. The van der Waals surface area contributed by atoms with Crippen LogP contribution in [0.25, 0.3) is 0 Å². The molecule has 1 atom stereocenters. The highest BCUT2D eigenvalue weighted by atomic mass is 79.9. The summed E-state index contributed by atoms with van der Waals surface area (Å²) in [5.41, 5.74) is 0.601. The van der Waals surface area contributed by atoms with Crippen molar-refractivity contribution < 1.29 is 9.47 Å². The molecule has 1 unspecified atom stereocenters. The van der Waals surface area contributed by atoms with Gasteiger partial charge in [-0.25, -0.2) is 3.93 Å². The Morgan fingerprint density at radius 2 is 2.13 bits per heavy atom. The Morgan fingerprint density at radius 1 is 1.40 bits per heavy atom. The Morgan fingerprint density at radius 3 is 2.73 bits per heavy atom. The van der Waals surface area contributed by atoms with Crippen LogP contribution in [0, 0.1) is 0 Å². The summed E-state index contributed by atoms with van der Waals surface area (Å²) >= 11 is 3.54. The number of hydrogen-bond acceptors (Lipinski definition) is 3. The minimum atomic E-state index is -0.500. The van der Waals surface area contributed by atoms with Gasteiger partial charge in [0.25, 0.3) is 0 Å². The molecule has 0 amide bonds. The molecule has 3 nitrogen and oxygen atoms in total. The van der Waals surface area contributed by atoms with Gasteiger partial charge in [0.05, 0.1) is 13.2 Å². The molecule has 1 fully saturated rings. The number of ether oxygens (including phenoxy) is 2. The molecule has 0 aliphatic carbocycles. The molecule has 1 saturated heterocycles. The smallest absolute Gasteiger partial charge is 0.180 e. The monoisotopic (exact) mass is 271 g/mol. The summed E-state index contributed by atoms with van der Waals surface area (Å²) in [6.07, 6.45) is 0. The SMILES string of the molecule is COC1(c2ccccc2)COCCN1Br. The molecular weight excluding hydrogens is 258 g/mol. The van der Waals surface area contributed by atoms with Crippen molar-refractivity contribution in [3.63, 3.8) is 0 Å². The summed E-state index contributed by atoms with van der Waals surface area (Å²) in [6.45, 7) is 2.07. The molecule has 0 N–H and O–H groups in total. The van der Waals surface area contributed by atoms with Gasteiger partial charge in [-0.3, -0.25) is 0 Å². The van der Waals surface area contributed by atoms with Crippen LogP contribution < -0.4 is 0 Å². The second-order valence-corrected chi connectivity index (χ2v) is 4.35. The van der Waals surface area contributed by atoms with Gasteiger partial charge in [0.1, 0.15) is 0 Å². The largest absolute Gasteiger partial charge is 0.375 e. The third-order valence-corrected chi connectivity index (χ3v) is 3.61. The highest BCUT2D eigenvalue weighted by Crippen LogP contribution is 2.34. The van der Waals surface area contributed by atoms with Crippen molar-refractivity contribution in [2.24, 2.45) is 0 Å². The zero-order valence-corrected chi connectivity index (χ0v) is 10.2. The first-order valence-corrected chi connectivity index (χ1v) is 5.62. The van der Waals surface area contributed by atoms with E-state index in [1.807, 2.05) is 34.3 Å². The molecular formula is C11H14BrNO2. The van der Waals surface area contributed by atoms with Gasteiger partial charge >= 0.3 is 0 Å². The number of hydrogen-bond donors (Lipinski definition) is 0. The zero-order valence-electron chi connectivity index (χ0n) is 8.65. The van der Waals surface area contributed by atoms with Crippen LogP contribution in [0.4, 0.5) is 0 Å². The first kappa shape index (κ1) is 11.1. The van der Waals surface area contributed by atoms with E-state index < -0.39 is 5.72 Å². The van der Waals surface area contributed by atoms with Gasteiger partial charge in [0, 0.05) is 35.4 Å². The highest BCUT2D eigenvalue weighted by molar-refractivity contribution is 9.07. The molecule has 1 aliphatic rings. The van der Waals surface area contributed by atoms with Crippen LogP contribution in [0.2, 0.25) is 0 Å². The average Bonchev–Trinajstić information content (AvgIpc) is 2.31. The molecule has 0 saturated carbocycles. The fourth-order valence-corrected chi connectivity index (χ4v) is 2.40. The Labute approximate surface area is 98.3 Å². The topological polar surface area (TPSA) is 21.7 Å². The minimum absolute atomic E-state index is 0.500. The number of nitrogens with zero attached hydrogens (tertiary/aromatic N) is 1. The predicted molar refractivity (Wildman–Crippen MR) is 61.6 cm³/mol. The molecule has 0 bridgehead atoms. The summed E-state index contributed by atoms with van der Waals surface area (Å²) in [5, 5.41) is 0. The average molecular weight is 272 g/mol. The third-order valence-electron chi connectivity index (χ3n) is 2.68. The van der Waals surface area contributed by atoms with Gasteiger partial charge in [-0.2, -0.15) is 0 Å². The van der Waals surface area contributed by atoms with Gasteiger partial charge in [0.15, 0.2) is 5.72 Å². The minimum Gasteiger partial charge on any atom is -0.375 e. The third kappa shape index (κ3) is 1.95. The normalized spacial score (nSPS) is 27.9. The molecule has 82 valence electrons. The molecule has 0 radical (unpaired) electrons. The number of morpholine rings is 1. The van der Waals surface area contributed by atoms with Crippen LogP contribution in [0.3, 0.4) is 0 Å². The second-order valence-electron chi connectivity index (χ2n) is 3.49. The van der Waals surface area contributed by atoms with Gasteiger partial charge in [0.2, 0.25) is 0 Å². The van der Waals surface area contributed by atoms with Crippen LogP contribution in [0.15, 0.2) is 30.3 Å². The van der Waals surface area contributed by atoms with Crippen molar-refractivity contribution in [1.82, 2.24) is 3.93 Å². The van der Waals surface area contributed by atoms with Gasteiger partial charge < -0.3 is 9.47 Å². The van der Waals surface area contributed by atoms with Crippen molar-refractivity contribution in [2.75, 3.05) is 26.9 Å². The Kier molecular flexibility index (Phi) is 3.41. The van der Waals surface area contributed by atoms with E-state index in [9.17, 15) is 0 Å². The van der Waals surface area contributed by atoms with E-state index in [4.69, 9.17) is 9.47 Å². The number of methoxy groups -OCH3 is 1. The van der Waals surface area contributed by atoms with Crippen molar-refractivity contribution >= 4 is 16.1 Å². The number of benzene rings is 1. The van der Waals surface area contributed by atoms with Crippen LogP contribution in [-0.4, -0.2) is 30.8 Å². The fourth-order valence-electron chi connectivity index (χ4n) is 1.80. The molecule has 15 heavy (non-hydrogen) atoms. The molecule has 1 aliphatic heterocycles. The Bertz CT molecular complexity index is 320. The van der Waals surface area contributed by atoms with Crippen LogP contribution >= 0.6 is 16.1 Å². The maximum absolute atomic E-state index is 5.63. The Hall–Kier alpha value is -0.420. The maximum Gasteiger partial charge on any atom is 0.180 e. The number of halogens is 1. The molecule has 0 aromatic heterocycles. The molecule has 1 heterocycles. The molecule has 2 rings (SSSR count). The van der Waals surface area contributed by atoms with Gasteiger partial charge in [-0.1, -0.05) is 30.3 Å². The standard InChI is InChI=1S/C11H14BrNO2/c1-14-11(9-15-8-7-13(11)12)10-5-3-2-4-6-10/h2-6H,7-9H2,1H3. The first-order valence-electron chi connectivity index (χ1n) is 4.91. The van der Waals surface area contributed by atoms with E-state index in [1.165, 1.54) is 0 Å². The molecule has 1 aromatic rings. The van der Waals surface area contributed by atoms with Crippen molar-refractivity contribution in [2.45, 2.75) is 5.72 Å². The quantitative estimate of drug-likeness (QED) is 0.770. The van der Waals surface area contributed by atoms with Crippen LogP contribution in [0.5, 0.6) is 0 Å².